The molecule has 0 aliphatic carbocycles. The van der Waals surface area contributed by atoms with E-state index in [1.807, 2.05) is 0 Å². The second kappa shape index (κ2) is 14.9. The number of rotatable bonds is 6. The van der Waals surface area contributed by atoms with Crippen LogP contribution in [0.3, 0.4) is 0 Å². The summed E-state index contributed by atoms with van der Waals surface area (Å²) < 4.78 is 4.33. The van der Waals surface area contributed by atoms with Crippen molar-refractivity contribution in [1.82, 2.24) is 19.4 Å². The SMILES string of the molecule is CC(O)N(C(C)O)C(C)O.CC(O)N(C(C)O)C(C)O.Sc1nnsc1S. The first-order valence-corrected chi connectivity index (χ1v) is 9.74. The van der Waals surface area contributed by atoms with Crippen molar-refractivity contribution >= 4 is 36.8 Å². The zero-order valence-electron chi connectivity index (χ0n) is 16.2. The summed E-state index contributed by atoms with van der Waals surface area (Å²) in [7, 11) is 0. The van der Waals surface area contributed by atoms with E-state index in [0.717, 1.165) is 4.21 Å². The van der Waals surface area contributed by atoms with E-state index in [2.05, 4.69) is 34.8 Å². The van der Waals surface area contributed by atoms with Crippen molar-refractivity contribution in [1.29, 1.82) is 0 Å². The van der Waals surface area contributed by atoms with Crippen molar-refractivity contribution in [3.05, 3.63) is 0 Å². The van der Waals surface area contributed by atoms with Gasteiger partial charge < -0.3 is 30.6 Å². The molecule has 10 nitrogen and oxygen atoms in total. The minimum atomic E-state index is -0.833. The van der Waals surface area contributed by atoms with Gasteiger partial charge in [-0.25, -0.2) is 9.80 Å². The van der Waals surface area contributed by atoms with Gasteiger partial charge in [-0.15, -0.1) is 30.4 Å². The Labute approximate surface area is 175 Å². The van der Waals surface area contributed by atoms with Crippen molar-refractivity contribution in [2.24, 2.45) is 0 Å². The Hall–Kier alpha value is -0.0600. The molecule has 0 saturated carbocycles. The summed E-state index contributed by atoms with van der Waals surface area (Å²) >= 11 is 9.11. The monoisotopic (exact) mass is 448 g/mol. The predicted molar refractivity (Wildman–Crippen MR) is 108 cm³/mol. The molecule has 6 unspecified atom stereocenters. The minimum Gasteiger partial charge on any atom is -0.379 e. The second-order valence-corrected chi connectivity index (χ2v) is 7.51. The zero-order valence-corrected chi connectivity index (χ0v) is 18.8. The van der Waals surface area contributed by atoms with Gasteiger partial charge in [0.2, 0.25) is 0 Å². The van der Waals surface area contributed by atoms with Gasteiger partial charge in [-0.3, -0.25) is 0 Å². The average Bonchev–Trinajstić information content (AvgIpc) is 2.81. The van der Waals surface area contributed by atoms with Gasteiger partial charge in [0.15, 0.2) is 0 Å². The van der Waals surface area contributed by atoms with Gasteiger partial charge in [-0.2, -0.15) is 0 Å². The lowest BCUT2D eigenvalue weighted by Crippen LogP contribution is -2.45. The molecule has 1 aromatic heterocycles. The van der Waals surface area contributed by atoms with Crippen molar-refractivity contribution in [2.75, 3.05) is 0 Å². The molecule has 6 atom stereocenters. The van der Waals surface area contributed by atoms with Crippen LogP contribution in [-0.4, -0.2) is 87.4 Å². The van der Waals surface area contributed by atoms with E-state index in [9.17, 15) is 0 Å². The molecule has 0 saturated heterocycles. The molecular weight excluding hydrogens is 416 g/mol. The van der Waals surface area contributed by atoms with Crippen LogP contribution in [0.2, 0.25) is 0 Å². The van der Waals surface area contributed by atoms with Crippen LogP contribution in [-0.2, 0) is 0 Å². The molecule has 0 spiro atoms. The normalized spacial score (nSPS) is 17.8. The molecule has 6 N–H and O–H groups in total. The van der Waals surface area contributed by atoms with Gasteiger partial charge in [-0.05, 0) is 53.1 Å². The van der Waals surface area contributed by atoms with Crippen LogP contribution < -0.4 is 0 Å². The number of hydrogen-bond donors (Lipinski definition) is 8. The lowest BCUT2D eigenvalue weighted by molar-refractivity contribution is -0.160. The summed E-state index contributed by atoms with van der Waals surface area (Å²) in [6.45, 7) is 8.91. The maximum Gasteiger partial charge on any atom is 0.142 e. The maximum absolute atomic E-state index is 8.96. The number of hydrogen-bond acceptors (Lipinski definition) is 13. The van der Waals surface area contributed by atoms with Crippen LogP contribution in [0.15, 0.2) is 9.24 Å². The van der Waals surface area contributed by atoms with Gasteiger partial charge in [0.25, 0.3) is 0 Å². The van der Waals surface area contributed by atoms with Crippen molar-refractivity contribution in [3.63, 3.8) is 0 Å². The lowest BCUT2D eigenvalue weighted by Gasteiger charge is -2.30. The molecule has 0 aliphatic rings. The Balaban J connectivity index is 0. The fourth-order valence-electron chi connectivity index (χ4n) is 2.05. The Bertz CT molecular complexity index is 411. The van der Waals surface area contributed by atoms with Crippen molar-refractivity contribution in [2.45, 2.75) is 88.1 Å². The third-order valence-electron chi connectivity index (χ3n) is 3.04. The van der Waals surface area contributed by atoms with E-state index in [4.69, 9.17) is 30.6 Å². The third kappa shape index (κ3) is 12.9. The smallest absolute Gasteiger partial charge is 0.142 e. The number of aromatic nitrogens is 2. The number of thiol groups is 2. The van der Waals surface area contributed by atoms with Crippen LogP contribution in [0.4, 0.5) is 0 Å². The summed E-state index contributed by atoms with van der Waals surface area (Å²) in [5, 5.41) is 57.9. The summed E-state index contributed by atoms with van der Waals surface area (Å²) in [5.41, 5.74) is 0. The van der Waals surface area contributed by atoms with Crippen LogP contribution in [0.25, 0.3) is 0 Å². The highest BCUT2D eigenvalue weighted by Gasteiger charge is 2.20. The van der Waals surface area contributed by atoms with Crippen LogP contribution in [0.5, 0.6) is 0 Å². The fourth-order valence-corrected chi connectivity index (χ4v) is 2.76. The Kier molecular flexibility index (Phi) is 16.1. The first-order valence-electron chi connectivity index (χ1n) is 8.07. The van der Waals surface area contributed by atoms with E-state index in [-0.39, 0.29) is 0 Å². The molecule has 1 heterocycles. The standard InChI is InChI=1S/2C6H15NO3.C2H2N2S3/c2*1-4(8)7(5(2)9)6(3)10;5-1-2(6)7-4-3-1/h2*4-6,8-10H,1-3H3;5-6H. The van der Waals surface area contributed by atoms with Crippen molar-refractivity contribution in [3.8, 4) is 0 Å². The molecule has 1 aromatic rings. The summed E-state index contributed by atoms with van der Waals surface area (Å²) in [6, 6.07) is 0. The molecular formula is C14H32N4O6S3. The third-order valence-corrected chi connectivity index (χ3v) is 4.67. The molecule has 1 rings (SSSR count). The number of nitrogens with zero attached hydrogens (tertiary/aromatic N) is 4. The fraction of sp³-hybridized carbons (Fsp3) is 0.857. The predicted octanol–water partition coefficient (Wildman–Crippen LogP) is -0.278. The first-order chi connectivity index (χ1) is 12.2. The molecule has 162 valence electrons. The van der Waals surface area contributed by atoms with Crippen LogP contribution >= 0.6 is 36.8 Å². The lowest BCUT2D eigenvalue weighted by atomic mass is 10.4. The van der Waals surface area contributed by atoms with Gasteiger partial charge in [0.1, 0.15) is 46.6 Å². The summed E-state index contributed by atoms with van der Waals surface area (Å²) in [4.78, 5) is 2.33. The van der Waals surface area contributed by atoms with E-state index in [0.29, 0.717) is 5.03 Å². The first kappa shape index (κ1) is 29.1. The topological polar surface area (TPSA) is 154 Å². The highest BCUT2D eigenvalue weighted by atomic mass is 32.2. The highest BCUT2D eigenvalue weighted by molar-refractivity contribution is 7.85. The molecule has 0 bridgehead atoms. The summed E-state index contributed by atoms with van der Waals surface area (Å²) in [5.74, 6) is 0. The Morgan fingerprint density at radius 2 is 0.926 bits per heavy atom. The van der Waals surface area contributed by atoms with Gasteiger partial charge in [-0.1, -0.05) is 4.49 Å². The zero-order chi connectivity index (χ0) is 21.9. The average molecular weight is 449 g/mol. The minimum absolute atomic E-state index is 0.605. The molecule has 13 heteroatoms. The van der Waals surface area contributed by atoms with Gasteiger partial charge in [0.05, 0.1) is 0 Å². The van der Waals surface area contributed by atoms with Gasteiger partial charge in [0, 0.05) is 0 Å². The van der Waals surface area contributed by atoms with E-state index >= 15 is 0 Å². The quantitative estimate of drug-likeness (QED) is 0.215. The molecule has 0 aliphatic heterocycles. The Morgan fingerprint density at radius 1 is 0.667 bits per heavy atom. The largest absolute Gasteiger partial charge is 0.379 e. The number of aliphatic hydroxyl groups is 6. The molecule has 0 fully saturated rings. The van der Waals surface area contributed by atoms with E-state index < -0.39 is 37.4 Å². The maximum atomic E-state index is 8.96. The Morgan fingerprint density at radius 3 is 0.963 bits per heavy atom. The molecule has 0 amide bonds. The van der Waals surface area contributed by atoms with Crippen molar-refractivity contribution < 1.29 is 30.6 Å². The second-order valence-electron chi connectivity index (χ2n) is 5.59. The van der Waals surface area contributed by atoms with E-state index in [1.165, 1.54) is 62.9 Å². The highest BCUT2D eigenvalue weighted by Crippen LogP contribution is 2.17. The van der Waals surface area contributed by atoms with Crippen LogP contribution in [0.1, 0.15) is 41.5 Å². The van der Waals surface area contributed by atoms with Crippen LogP contribution in [0, 0.1) is 0 Å². The molecule has 0 radical (unpaired) electrons. The van der Waals surface area contributed by atoms with Gasteiger partial charge >= 0.3 is 0 Å². The summed E-state index contributed by atoms with van der Waals surface area (Å²) in [6.07, 6.45) is -5.00. The number of aliphatic hydroxyl groups excluding tert-OH is 6. The molecule has 0 aromatic carbocycles. The van der Waals surface area contributed by atoms with E-state index in [1.54, 1.807) is 0 Å². The molecule has 27 heavy (non-hydrogen) atoms.